The first-order valence-corrected chi connectivity index (χ1v) is 6.53. The molecular weight excluding hydrogens is 243 g/mol. The van der Waals surface area contributed by atoms with Gasteiger partial charge in [-0.3, -0.25) is 10.3 Å². The predicted molar refractivity (Wildman–Crippen MR) is 74.8 cm³/mol. The molecule has 0 aliphatic carbocycles. The Balaban J connectivity index is 2.13. The summed E-state index contributed by atoms with van der Waals surface area (Å²) in [6.07, 6.45) is 0. The van der Waals surface area contributed by atoms with E-state index in [-0.39, 0.29) is 11.7 Å². The number of amidine groups is 1. The smallest absolute Gasteiger partial charge is 0.123 e. The molecule has 1 unspecified atom stereocenters. The van der Waals surface area contributed by atoms with E-state index in [1.807, 2.05) is 0 Å². The van der Waals surface area contributed by atoms with Gasteiger partial charge in [0.15, 0.2) is 0 Å². The Morgan fingerprint density at radius 1 is 1.47 bits per heavy atom. The van der Waals surface area contributed by atoms with Gasteiger partial charge < -0.3 is 10.6 Å². The number of likely N-dealkylation sites (N-methyl/N-ethyl adjacent to an activating group) is 1. The van der Waals surface area contributed by atoms with Gasteiger partial charge >= 0.3 is 0 Å². The van der Waals surface area contributed by atoms with Crippen molar-refractivity contribution in [2.24, 2.45) is 5.73 Å². The second kappa shape index (κ2) is 5.67. The molecule has 1 fully saturated rings. The summed E-state index contributed by atoms with van der Waals surface area (Å²) in [5.74, 6) is -0.419. The minimum atomic E-state index is -0.347. The number of halogens is 1. The van der Waals surface area contributed by atoms with Gasteiger partial charge in [0.1, 0.15) is 11.7 Å². The van der Waals surface area contributed by atoms with Crippen molar-refractivity contribution >= 4 is 5.84 Å². The number of hydrogen-bond donors (Lipinski definition) is 2. The third kappa shape index (κ3) is 3.30. The van der Waals surface area contributed by atoms with E-state index in [0.717, 1.165) is 25.2 Å². The molecule has 5 heteroatoms. The van der Waals surface area contributed by atoms with Crippen LogP contribution in [-0.2, 0) is 6.54 Å². The number of rotatable bonds is 3. The van der Waals surface area contributed by atoms with Crippen molar-refractivity contribution in [2.45, 2.75) is 19.5 Å². The molecule has 1 aliphatic rings. The highest BCUT2D eigenvalue weighted by atomic mass is 19.1. The van der Waals surface area contributed by atoms with Gasteiger partial charge in [-0.2, -0.15) is 0 Å². The van der Waals surface area contributed by atoms with Crippen molar-refractivity contribution in [2.75, 3.05) is 26.7 Å². The lowest BCUT2D eigenvalue weighted by Gasteiger charge is -2.37. The van der Waals surface area contributed by atoms with E-state index in [2.05, 4.69) is 23.8 Å². The molecule has 0 radical (unpaired) electrons. The molecule has 1 heterocycles. The second-order valence-electron chi connectivity index (χ2n) is 5.28. The summed E-state index contributed by atoms with van der Waals surface area (Å²) in [6.45, 7) is 5.90. The highest BCUT2D eigenvalue weighted by molar-refractivity contribution is 5.96. The Hall–Kier alpha value is -1.46. The van der Waals surface area contributed by atoms with Crippen molar-refractivity contribution < 1.29 is 4.39 Å². The molecule has 0 saturated carbocycles. The van der Waals surface area contributed by atoms with E-state index >= 15 is 0 Å². The zero-order chi connectivity index (χ0) is 14.0. The summed E-state index contributed by atoms with van der Waals surface area (Å²) < 4.78 is 13.2. The molecule has 2 rings (SSSR count). The number of hydrogen-bond acceptors (Lipinski definition) is 3. The van der Waals surface area contributed by atoms with E-state index in [0.29, 0.717) is 18.2 Å². The normalized spacial score (nSPS) is 21.5. The molecule has 1 aromatic carbocycles. The van der Waals surface area contributed by atoms with Crippen molar-refractivity contribution in [3.05, 3.63) is 35.1 Å². The van der Waals surface area contributed by atoms with Crippen molar-refractivity contribution in [3.8, 4) is 0 Å². The molecule has 0 aromatic heterocycles. The average molecular weight is 264 g/mol. The monoisotopic (exact) mass is 264 g/mol. The minimum absolute atomic E-state index is 0.0725. The first-order valence-electron chi connectivity index (χ1n) is 6.53. The van der Waals surface area contributed by atoms with Crippen molar-refractivity contribution in [1.82, 2.24) is 9.80 Å². The van der Waals surface area contributed by atoms with Gasteiger partial charge in [0.25, 0.3) is 0 Å². The lowest BCUT2D eigenvalue weighted by molar-refractivity contribution is 0.0999. The van der Waals surface area contributed by atoms with Crippen LogP contribution in [0.4, 0.5) is 4.39 Å². The molecule has 19 heavy (non-hydrogen) atoms. The van der Waals surface area contributed by atoms with Gasteiger partial charge in [0.05, 0.1) is 0 Å². The molecule has 3 N–H and O–H groups in total. The van der Waals surface area contributed by atoms with E-state index in [1.54, 1.807) is 6.07 Å². The minimum Gasteiger partial charge on any atom is -0.384 e. The van der Waals surface area contributed by atoms with Crippen LogP contribution in [0.25, 0.3) is 0 Å². The quantitative estimate of drug-likeness (QED) is 0.638. The molecule has 0 spiro atoms. The number of piperazine rings is 1. The fourth-order valence-electron chi connectivity index (χ4n) is 2.45. The largest absolute Gasteiger partial charge is 0.384 e. The van der Waals surface area contributed by atoms with E-state index in [4.69, 9.17) is 11.1 Å². The van der Waals surface area contributed by atoms with Gasteiger partial charge in [0.2, 0.25) is 0 Å². The lowest BCUT2D eigenvalue weighted by Crippen LogP contribution is -2.49. The first kappa shape index (κ1) is 14.0. The highest BCUT2D eigenvalue weighted by Gasteiger charge is 2.21. The SMILES string of the molecule is CC1CN(Cc2ccc(F)cc2C(=N)N)CCN1C. The predicted octanol–water partition coefficient (Wildman–Crippen LogP) is 1.25. The number of nitrogen functional groups attached to an aromatic ring is 1. The van der Waals surface area contributed by atoms with Gasteiger partial charge in [-0.05, 0) is 31.7 Å². The average Bonchev–Trinajstić information content (AvgIpc) is 2.36. The van der Waals surface area contributed by atoms with Crippen LogP contribution in [0.1, 0.15) is 18.1 Å². The zero-order valence-electron chi connectivity index (χ0n) is 11.5. The van der Waals surface area contributed by atoms with Crippen LogP contribution in [0, 0.1) is 11.2 Å². The molecule has 1 aliphatic heterocycles. The molecule has 104 valence electrons. The van der Waals surface area contributed by atoms with E-state index in [1.165, 1.54) is 12.1 Å². The lowest BCUT2D eigenvalue weighted by atomic mass is 10.0. The Morgan fingerprint density at radius 3 is 2.84 bits per heavy atom. The van der Waals surface area contributed by atoms with E-state index < -0.39 is 0 Å². The molecule has 1 aromatic rings. The van der Waals surface area contributed by atoms with Crippen LogP contribution in [0.3, 0.4) is 0 Å². The maximum absolute atomic E-state index is 13.2. The maximum Gasteiger partial charge on any atom is 0.123 e. The van der Waals surface area contributed by atoms with Gasteiger partial charge in [0, 0.05) is 37.8 Å². The molecule has 1 saturated heterocycles. The Kier molecular flexibility index (Phi) is 4.17. The maximum atomic E-state index is 13.2. The van der Waals surface area contributed by atoms with Crippen LogP contribution in [-0.4, -0.2) is 48.4 Å². The van der Waals surface area contributed by atoms with Crippen LogP contribution in [0.5, 0.6) is 0 Å². The fourth-order valence-corrected chi connectivity index (χ4v) is 2.45. The van der Waals surface area contributed by atoms with Gasteiger partial charge in [-0.1, -0.05) is 6.07 Å². The van der Waals surface area contributed by atoms with E-state index in [9.17, 15) is 4.39 Å². The zero-order valence-corrected chi connectivity index (χ0v) is 11.5. The number of nitrogens with two attached hydrogens (primary N) is 1. The topological polar surface area (TPSA) is 56.4 Å². The summed E-state index contributed by atoms with van der Waals surface area (Å²) in [6, 6.07) is 5.02. The number of nitrogens with one attached hydrogen (secondary N) is 1. The molecule has 1 atom stereocenters. The summed E-state index contributed by atoms with van der Waals surface area (Å²) in [7, 11) is 2.13. The van der Waals surface area contributed by atoms with Crippen LogP contribution < -0.4 is 5.73 Å². The Morgan fingerprint density at radius 2 is 2.21 bits per heavy atom. The third-order valence-electron chi connectivity index (χ3n) is 3.80. The third-order valence-corrected chi connectivity index (χ3v) is 3.80. The van der Waals surface area contributed by atoms with Crippen molar-refractivity contribution in [1.29, 1.82) is 5.41 Å². The molecule has 0 bridgehead atoms. The van der Waals surface area contributed by atoms with Gasteiger partial charge in [-0.25, -0.2) is 4.39 Å². The molecule has 0 amide bonds. The Bertz CT molecular complexity index is 475. The fraction of sp³-hybridized carbons (Fsp3) is 0.500. The highest BCUT2D eigenvalue weighted by Crippen LogP contribution is 2.16. The van der Waals surface area contributed by atoms with Crippen LogP contribution in [0.2, 0.25) is 0 Å². The standard InChI is InChI=1S/C14H21FN4/c1-10-8-19(6-5-18(10)2)9-11-3-4-12(15)7-13(11)14(16)17/h3-4,7,10H,5-6,8-9H2,1-2H3,(H3,16,17). The number of nitrogens with zero attached hydrogens (tertiary/aromatic N) is 2. The Labute approximate surface area is 113 Å². The number of benzene rings is 1. The van der Waals surface area contributed by atoms with Gasteiger partial charge in [-0.15, -0.1) is 0 Å². The summed E-state index contributed by atoms with van der Waals surface area (Å²) in [5.41, 5.74) is 6.96. The summed E-state index contributed by atoms with van der Waals surface area (Å²) in [5, 5.41) is 7.55. The second-order valence-corrected chi connectivity index (χ2v) is 5.28. The molecule has 4 nitrogen and oxygen atoms in total. The summed E-state index contributed by atoms with van der Waals surface area (Å²) >= 11 is 0. The first-order chi connectivity index (χ1) is 8.97. The molecular formula is C14H21FN4. The van der Waals surface area contributed by atoms with Crippen LogP contribution >= 0.6 is 0 Å². The summed E-state index contributed by atoms with van der Waals surface area (Å²) in [4.78, 5) is 4.65. The van der Waals surface area contributed by atoms with Crippen molar-refractivity contribution in [3.63, 3.8) is 0 Å². The van der Waals surface area contributed by atoms with Crippen LogP contribution in [0.15, 0.2) is 18.2 Å².